The third-order valence-corrected chi connectivity index (χ3v) is 3.48. The summed E-state index contributed by atoms with van der Waals surface area (Å²) in [6, 6.07) is 2.48. The lowest BCUT2D eigenvalue weighted by molar-refractivity contribution is 0.102. The van der Waals surface area contributed by atoms with E-state index < -0.39 is 5.82 Å². The first-order valence-corrected chi connectivity index (χ1v) is 6.80. The first kappa shape index (κ1) is 14.5. The van der Waals surface area contributed by atoms with Crippen LogP contribution in [0.5, 0.6) is 0 Å². The third-order valence-electron chi connectivity index (χ3n) is 2.82. The number of nitrogens with zero attached hydrogens (tertiary/aromatic N) is 2. The van der Waals surface area contributed by atoms with Crippen LogP contribution in [-0.4, -0.2) is 15.7 Å². The fourth-order valence-corrected chi connectivity index (χ4v) is 2.32. The fraction of sp³-hybridized carbons (Fsp3) is 0.231. The monoisotopic (exact) mass is 340 g/mol. The summed E-state index contributed by atoms with van der Waals surface area (Å²) < 4.78 is 15.2. The van der Waals surface area contributed by atoms with E-state index in [0.29, 0.717) is 16.6 Å². The lowest BCUT2D eigenvalue weighted by Gasteiger charge is -2.08. The Morgan fingerprint density at radius 3 is 2.90 bits per heavy atom. The van der Waals surface area contributed by atoms with Crippen molar-refractivity contribution in [3.8, 4) is 0 Å². The Labute approximate surface area is 124 Å². The van der Waals surface area contributed by atoms with Gasteiger partial charge in [-0.25, -0.2) is 4.39 Å². The van der Waals surface area contributed by atoms with Gasteiger partial charge in [0.25, 0.3) is 5.91 Å². The molecule has 5 nitrogen and oxygen atoms in total. The number of carbonyl (C=O) groups is 1. The van der Waals surface area contributed by atoms with Crippen molar-refractivity contribution in [2.45, 2.75) is 13.3 Å². The average molecular weight is 341 g/mol. The molecule has 1 aromatic heterocycles. The molecule has 106 valence electrons. The smallest absolute Gasteiger partial charge is 0.256 e. The van der Waals surface area contributed by atoms with Gasteiger partial charge < -0.3 is 11.1 Å². The van der Waals surface area contributed by atoms with Crippen LogP contribution in [0.15, 0.2) is 22.8 Å². The molecule has 1 heterocycles. The first-order valence-electron chi connectivity index (χ1n) is 6.00. The molecule has 0 saturated carbocycles. The van der Waals surface area contributed by atoms with Crippen molar-refractivity contribution in [3.05, 3.63) is 39.9 Å². The van der Waals surface area contributed by atoms with Crippen LogP contribution >= 0.6 is 15.9 Å². The van der Waals surface area contributed by atoms with Crippen molar-refractivity contribution < 1.29 is 9.18 Å². The van der Waals surface area contributed by atoms with Crippen LogP contribution in [-0.2, 0) is 13.5 Å². The van der Waals surface area contributed by atoms with E-state index in [1.807, 2.05) is 6.92 Å². The van der Waals surface area contributed by atoms with E-state index in [0.717, 1.165) is 5.69 Å². The van der Waals surface area contributed by atoms with Crippen molar-refractivity contribution in [2.75, 3.05) is 11.1 Å². The number of nitrogens with one attached hydrogen (secondary N) is 1. The average Bonchev–Trinajstić information content (AvgIpc) is 2.73. The highest BCUT2D eigenvalue weighted by atomic mass is 79.9. The van der Waals surface area contributed by atoms with E-state index in [-0.39, 0.29) is 17.2 Å². The van der Waals surface area contributed by atoms with Crippen LogP contribution in [0.2, 0.25) is 0 Å². The molecule has 2 aromatic rings. The molecule has 0 aliphatic rings. The number of anilines is 2. The highest BCUT2D eigenvalue weighted by Crippen LogP contribution is 2.24. The molecule has 0 radical (unpaired) electrons. The molecule has 0 bridgehead atoms. The summed E-state index contributed by atoms with van der Waals surface area (Å²) in [7, 11) is 1.78. The predicted molar refractivity (Wildman–Crippen MR) is 79.1 cm³/mol. The fourth-order valence-electron chi connectivity index (χ4n) is 1.83. The van der Waals surface area contributed by atoms with E-state index in [1.54, 1.807) is 17.9 Å². The summed E-state index contributed by atoms with van der Waals surface area (Å²) in [5.41, 5.74) is 7.11. The molecule has 0 unspecified atom stereocenters. The Bertz CT molecular complexity index is 669. The number of benzene rings is 1. The molecular formula is C13H14BrFN4O. The lowest BCUT2D eigenvalue weighted by Crippen LogP contribution is -2.14. The second-order valence-electron chi connectivity index (χ2n) is 4.32. The first-order chi connectivity index (χ1) is 9.42. The number of carbonyl (C=O) groups excluding carboxylic acids is 1. The van der Waals surface area contributed by atoms with Gasteiger partial charge in [0.15, 0.2) is 0 Å². The van der Waals surface area contributed by atoms with Crippen LogP contribution in [0.25, 0.3) is 0 Å². The van der Waals surface area contributed by atoms with E-state index in [2.05, 4.69) is 26.3 Å². The van der Waals surface area contributed by atoms with Gasteiger partial charge in [-0.2, -0.15) is 5.10 Å². The normalized spacial score (nSPS) is 10.6. The number of amides is 1. The van der Waals surface area contributed by atoms with Crippen LogP contribution in [0.4, 0.5) is 15.8 Å². The maximum Gasteiger partial charge on any atom is 0.256 e. The molecule has 3 N–H and O–H groups in total. The molecular weight excluding hydrogens is 327 g/mol. The Hall–Kier alpha value is -1.89. The Balaban J connectivity index is 2.30. The van der Waals surface area contributed by atoms with Gasteiger partial charge in [0.1, 0.15) is 5.82 Å². The standard InChI is InChI=1S/C13H14BrFN4O/c1-3-11-12(6-19(2)18-11)17-13(20)7-4-10(16)9(15)5-8(7)14/h4-6H,3,16H2,1-2H3,(H,17,20). The van der Waals surface area contributed by atoms with E-state index in [9.17, 15) is 9.18 Å². The molecule has 20 heavy (non-hydrogen) atoms. The number of rotatable bonds is 3. The second kappa shape index (κ2) is 5.62. The highest BCUT2D eigenvalue weighted by molar-refractivity contribution is 9.10. The van der Waals surface area contributed by atoms with Crippen molar-refractivity contribution in [1.29, 1.82) is 0 Å². The number of hydrogen-bond acceptors (Lipinski definition) is 3. The van der Waals surface area contributed by atoms with Crippen molar-refractivity contribution in [1.82, 2.24) is 9.78 Å². The number of nitrogen functional groups attached to an aromatic ring is 1. The topological polar surface area (TPSA) is 72.9 Å². The summed E-state index contributed by atoms with van der Waals surface area (Å²) in [6.45, 7) is 1.95. The molecule has 0 saturated heterocycles. The Morgan fingerprint density at radius 1 is 1.55 bits per heavy atom. The van der Waals surface area contributed by atoms with Gasteiger partial charge in [-0.3, -0.25) is 9.48 Å². The largest absolute Gasteiger partial charge is 0.396 e. The molecule has 1 amide bonds. The van der Waals surface area contributed by atoms with Crippen LogP contribution < -0.4 is 11.1 Å². The van der Waals surface area contributed by atoms with Crippen molar-refractivity contribution in [3.63, 3.8) is 0 Å². The Kier molecular flexibility index (Phi) is 4.08. The minimum atomic E-state index is -0.566. The van der Waals surface area contributed by atoms with Crippen LogP contribution in [0.1, 0.15) is 23.0 Å². The molecule has 1 aromatic carbocycles. The summed E-state index contributed by atoms with van der Waals surface area (Å²) in [5.74, 6) is -0.935. The van der Waals surface area contributed by atoms with Crippen LogP contribution in [0, 0.1) is 5.82 Å². The van der Waals surface area contributed by atoms with Gasteiger partial charge >= 0.3 is 0 Å². The second-order valence-corrected chi connectivity index (χ2v) is 5.18. The predicted octanol–water partition coefficient (Wildman–Crippen LogP) is 2.72. The molecule has 0 aliphatic carbocycles. The van der Waals surface area contributed by atoms with E-state index >= 15 is 0 Å². The number of aromatic nitrogens is 2. The van der Waals surface area contributed by atoms with E-state index in [1.165, 1.54) is 12.1 Å². The highest BCUT2D eigenvalue weighted by Gasteiger charge is 2.16. The van der Waals surface area contributed by atoms with Crippen LogP contribution in [0.3, 0.4) is 0 Å². The number of halogens is 2. The molecule has 0 spiro atoms. The van der Waals surface area contributed by atoms with Gasteiger partial charge in [0.05, 0.1) is 22.6 Å². The maximum absolute atomic E-state index is 13.3. The van der Waals surface area contributed by atoms with Gasteiger partial charge in [-0.1, -0.05) is 6.92 Å². The van der Waals surface area contributed by atoms with Gasteiger partial charge in [0.2, 0.25) is 0 Å². The maximum atomic E-state index is 13.3. The quantitative estimate of drug-likeness (QED) is 0.843. The molecule has 2 rings (SSSR count). The van der Waals surface area contributed by atoms with Crippen molar-refractivity contribution in [2.24, 2.45) is 7.05 Å². The SMILES string of the molecule is CCc1nn(C)cc1NC(=O)c1cc(N)c(F)cc1Br. The minimum absolute atomic E-state index is 0.0692. The Morgan fingerprint density at radius 2 is 2.25 bits per heavy atom. The summed E-state index contributed by atoms with van der Waals surface area (Å²) in [5, 5.41) is 6.99. The molecule has 0 fully saturated rings. The van der Waals surface area contributed by atoms with Gasteiger partial charge in [-0.15, -0.1) is 0 Å². The third kappa shape index (κ3) is 2.82. The minimum Gasteiger partial charge on any atom is -0.396 e. The molecule has 0 aliphatic heterocycles. The number of aryl methyl sites for hydroxylation is 2. The molecule has 7 heteroatoms. The lowest BCUT2D eigenvalue weighted by atomic mass is 10.1. The zero-order valence-electron chi connectivity index (χ0n) is 11.1. The zero-order chi connectivity index (χ0) is 14.9. The summed E-state index contributed by atoms with van der Waals surface area (Å²) in [6.07, 6.45) is 2.42. The summed E-state index contributed by atoms with van der Waals surface area (Å²) in [4.78, 5) is 12.2. The molecule has 0 atom stereocenters. The van der Waals surface area contributed by atoms with Gasteiger partial charge in [-0.05, 0) is 34.5 Å². The zero-order valence-corrected chi connectivity index (χ0v) is 12.7. The number of hydrogen-bond donors (Lipinski definition) is 2. The van der Waals surface area contributed by atoms with Crippen molar-refractivity contribution >= 4 is 33.2 Å². The number of nitrogens with two attached hydrogens (primary N) is 1. The summed E-state index contributed by atoms with van der Waals surface area (Å²) >= 11 is 3.16. The van der Waals surface area contributed by atoms with Gasteiger partial charge in [0, 0.05) is 17.7 Å². The van der Waals surface area contributed by atoms with E-state index in [4.69, 9.17) is 5.73 Å².